The highest BCUT2D eigenvalue weighted by molar-refractivity contribution is 7.80. The van der Waals surface area contributed by atoms with Crippen molar-refractivity contribution in [3.8, 4) is 0 Å². The molecule has 0 fully saturated rings. The van der Waals surface area contributed by atoms with Crippen LogP contribution in [-0.4, -0.2) is 0 Å². The lowest BCUT2D eigenvalue weighted by atomic mass is 9.94. The Hall–Kier alpha value is -1.38. The fourth-order valence-corrected chi connectivity index (χ4v) is 3.29. The molecule has 0 saturated heterocycles. The summed E-state index contributed by atoms with van der Waals surface area (Å²) in [6.07, 6.45) is 0. The van der Waals surface area contributed by atoms with Gasteiger partial charge in [0.2, 0.25) is 0 Å². The van der Waals surface area contributed by atoms with Gasteiger partial charge in [-0.15, -0.1) is 25.3 Å². The van der Waals surface area contributed by atoms with Crippen LogP contribution in [0.2, 0.25) is 0 Å². The third kappa shape index (κ3) is 1.25. The molecule has 4 rings (SSSR count). The maximum atomic E-state index is 4.56. The van der Waals surface area contributed by atoms with Crippen LogP contribution in [0.5, 0.6) is 0 Å². The van der Waals surface area contributed by atoms with Crippen LogP contribution in [-0.2, 0) is 0 Å². The molecule has 0 radical (unpaired) electrons. The van der Waals surface area contributed by atoms with Crippen LogP contribution in [0.4, 0.5) is 0 Å². The van der Waals surface area contributed by atoms with Gasteiger partial charge in [0.15, 0.2) is 0 Å². The molecule has 0 atom stereocenters. The predicted molar refractivity (Wildman–Crippen MR) is 84.7 cm³/mol. The number of rotatable bonds is 0. The molecule has 0 aliphatic carbocycles. The Kier molecular flexibility index (Phi) is 2.08. The standard InChI is InChI=1S/C16H10S2/c17-13-7-3-9-1-2-10-4-8-14(18)12-6-5-11(13)15(9)16(10)12/h1-8,17-18H. The van der Waals surface area contributed by atoms with E-state index in [1.807, 2.05) is 0 Å². The average Bonchev–Trinajstić information content (AvgIpc) is 2.40. The van der Waals surface area contributed by atoms with Crippen molar-refractivity contribution in [3.63, 3.8) is 0 Å². The highest BCUT2D eigenvalue weighted by atomic mass is 32.1. The molecular formula is C16H10S2. The molecule has 0 saturated carbocycles. The second-order valence-corrected chi connectivity index (χ2v) is 5.56. The van der Waals surface area contributed by atoms with Crippen LogP contribution in [0.3, 0.4) is 0 Å². The largest absolute Gasteiger partial charge is 0.143 e. The van der Waals surface area contributed by atoms with Gasteiger partial charge in [0.1, 0.15) is 0 Å². The molecular weight excluding hydrogens is 256 g/mol. The summed E-state index contributed by atoms with van der Waals surface area (Å²) in [5, 5.41) is 7.56. The fraction of sp³-hybridized carbons (Fsp3) is 0. The maximum Gasteiger partial charge on any atom is 0.0119 e. The Morgan fingerprint density at radius 1 is 0.500 bits per heavy atom. The molecule has 0 unspecified atom stereocenters. The fourth-order valence-electron chi connectivity index (χ4n) is 2.77. The molecule has 4 aromatic rings. The summed E-state index contributed by atoms with van der Waals surface area (Å²) in [6.45, 7) is 0. The Bertz CT molecular complexity index is 819. The van der Waals surface area contributed by atoms with E-state index in [4.69, 9.17) is 0 Å². The molecule has 0 amide bonds. The second kappa shape index (κ2) is 3.56. The van der Waals surface area contributed by atoms with E-state index in [2.05, 4.69) is 73.8 Å². The van der Waals surface area contributed by atoms with Gasteiger partial charge in [-0.1, -0.05) is 36.4 Å². The van der Waals surface area contributed by atoms with E-state index < -0.39 is 0 Å². The van der Waals surface area contributed by atoms with Gasteiger partial charge in [0, 0.05) is 9.79 Å². The van der Waals surface area contributed by atoms with Crippen molar-refractivity contribution in [1.29, 1.82) is 0 Å². The summed E-state index contributed by atoms with van der Waals surface area (Å²) in [5.74, 6) is 0. The van der Waals surface area contributed by atoms with Gasteiger partial charge in [-0.3, -0.25) is 0 Å². The lowest BCUT2D eigenvalue weighted by Crippen LogP contribution is -1.85. The van der Waals surface area contributed by atoms with E-state index in [0.717, 1.165) is 9.79 Å². The van der Waals surface area contributed by atoms with Crippen molar-refractivity contribution < 1.29 is 0 Å². The van der Waals surface area contributed by atoms with Crippen LogP contribution in [0, 0.1) is 0 Å². The van der Waals surface area contributed by atoms with E-state index >= 15 is 0 Å². The summed E-state index contributed by atoms with van der Waals surface area (Å²) in [4.78, 5) is 2.06. The minimum atomic E-state index is 1.03. The normalized spacial score (nSPS) is 11.9. The van der Waals surface area contributed by atoms with E-state index in [0.29, 0.717) is 0 Å². The molecule has 18 heavy (non-hydrogen) atoms. The third-order valence-corrected chi connectivity index (χ3v) is 4.40. The summed E-state index contributed by atoms with van der Waals surface area (Å²) >= 11 is 9.13. The first-order valence-electron chi connectivity index (χ1n) is 5.84. The van der Waals surface area contributed by atoms with Crippen molar-refractivity contribution in [2.75, 3.05) is 0 Å². The van der Waals surface area contributed by atoms with Crippen molar-refractivity contribution in [2.45, 2.75) is 9.79 Å². The molecule has 0 aliphatic rings. The Morgan fingerprint density at radius 2 is 0.889 bits per heavy atom. The molecule has 0 N–H and O–H groups in total. The first kappa shape index (κ1) is 10.5. The van der Waals surface area contributed by atoms with E-state index in [9.17, 15) is 0 Å². The number of hydrogen-bond donors (Lipinski definition) is 2. The zero-order valence-corrected chi connectivity index (χ0v) is 11.3. The van der Waals surface area contributed by atoms with Crippen LogP contribution in [0.15, 0.2) is 58.3 Å². The van der Waals surface area contributed by atoms with Gasteiger partial charge in [-0.2, -0.15) is 0 Å². The van der Waals surface area contributed by atoms with Crippen LogP contribution in [0.1, 0.15) is 0 Å². The van der Waals surface area contributed by atoms with Crippen LogP contribution in [0.25, 0.3) is 32.3 Å². The number of hydrogen-bond acceptors (Lipinski definition) is 2. The molecule has 0 aliphatic heterocycles. The lowest BCUT2D eigenvalue weighted by molar-refractivity contribution is 1.56. The van der Waals surface area contributed by atoms with Gasteiger partial charge in [-0.25, -0.2) is 0 Å². The smallest absolute Gasteiger partial charge is 0.0119 e. The Morgan fingerprint density at radius 3 is 1.33 bits per heavy atom. The highest BCUT2D eigenvalue weighted by Crippen LogP contribution is 2.38. The van der Waals surface area contributed by atoms with Gasteiger partial charge < -0.3 is 0 Å². The summed E-state index contributed by atoms with van der Waals surface area (Å²) in [6, 6.07) is 17.0. The van der Waals surface area contributed by atoms with Crippen molar-refractivity contribution in [2.24, 2.45) is 0 Å². The molecule has 0 bridgehead atoms. The summed E-state index contributed by atoms with van der Waals surface area (Å²) < 4.78 is 0. The average molecular weight is 266 g/mol. The summed E-state index contributed by atoms with van der Waals surface area (Å²) in [5.41, 5.74) is 0. The van der Waals surface area contributed by atoms with Crippen molar-refractivity contribution in [1.82, 2.24) is 0 Å². The second-order valence-electron chi connectivity index (χ2n) is 4.59. The first-order valence-corrected chi connectivity index (χ1v) is 6.73. The zero-order valence-electron chi connectivity index (χ0n) is 9.51. The van der Waals surface area contributed by atoms with Gasteiger partial charge >= 0.3 is 0 Å². The highest BCUT2D eigenvalue weighted by Gasteiger charge is 2.10. The molecule has 4 aromatic carbocycles. The number of thiol groups is 2. The predicted octanol–water partition coefficient (Wildman–Crippen LogP) is 5.16. The van der Waals surface area contributed by atoms with Crippen molar-refractivity contribution >= 4 is 57.6 Å². The summed E-state index contributed by atoms with van der Waals surface area (Å²) in [7, 11) is 0. The van der Waals surface area contributed by atoms with E-state index in [1.165, 1.54) is 32.3 Å². The lowest BCUT2D eigenvalue weighted by Gasteiger charge is -2.12. The SMILES string of the molecule is Sc1ccc2ccc3ccc(S)c4ccc1c2c34. The molecule has 0 nitrogen and oxygen atoms in total. The Balaban J connectivity index is 2.47. The minimum absolute atomic E-state index is 1.03. The van der Waals surface area contributed by atoms with Crippen molar-refractivity contribution in [3.05, 3.63) is 48.5 Å². The minimum Gasteiger partial charge on any atom is -0.143 e. The van der Waals surface area contributed by atoms with Gasteiger partial charge in [0.05, 0.1) is 0 Å². The van der Waals surface area contributed by atoms with Crippen LogP contribution >= 0.6 is 25.3 Å². The molecule has 86 valence electrons. The van der Waals surface area contributed by atoms with Gasteiger partial charge in [0.25, 0.3) is 0 Å². The quantitative estimate of drug-likeness (QED) is 0.319. The van der Waals surface area contributed by atoms with Gasteiger partial charge in [-0.05, 0) is 44.5 Å². The van der Waals surface area contributed by atoms with E-state index in [1.54, 1.807) is 0 Å². The zero-order chi connectivity index (χ0) is 12.3. The van der Waals surface area contributed by atoms with E-state index in [-0.39, 0.29) is 0 Å². The third-order valence-electron chi connectivity index (χ3n) is 3.62. The topological polar surface area (TPSA) is 0 Å². The molecule has 2 heteroatoms. The monoisotopic (exact) mass is 266 g/mol. The molecule has 0 heterocycles. The van der Waals surface area contributed by atoms with Crippen LogP contribution < -0.4 is 0 Å². The molecule has 0 aromatic heterocycles. The number of benzene rings is 4. The molecule has 0 spiro atoms. The first-order chi connectivity index (χ1) is 8.75. The Labute approximate surface area is 116 Å². The maximum absolute atomic E-state index is 4.56.